The van der Waals surface area contributed by atoms with Crippen molar-refractivity contribution in [2.24, 2.45) is 0 Å². The Balaban J connectivity index is 2.71. The number of esters is 1. The van der Waals surface area contributed by atoms with Crippen LogP contribution in [0.4, 0.5) is 0 Å². The van der Waals surface area contributed by atoms with Crippen LogP contribution in [-0.2, 0) is 10.5 Å². The summed E-state index contributed by atoms with van der Waals surface area (Å²) < 4.78 is 5.64. The minimum Gasteiger partial charge on any atom is -0.465 e. The van der Waals surface area contributed by atoms with Crippen LogP contribution in [0.1, 0.15) is 29.3 Å². The van der Waals surface area contributed by atoms with Crippen molar-refractivity contribution in [1.82, 2.24) is 0 Å². The molecule has 1 rings (SSSR count). The van der Waals surface area contributed by atoms with E-state index in [-0.39, 0.29) is 5.97 Å². The van der Waals surface area contributed by atoms with Gasteiger partial charge in [-0.25, -0.2) is 4.79 Å². The van der Waals surface area contributed by atoms with E-state index in [9.17, 15) is 4.79 Å². The van der Waals surface area contributed by atoms with Crippen LogP contribution in [0.5, 0.6) is 0 Å². The first-order valence-electron chi connectivity index (χ1n) is 5.13. The summed E-state index contributed by atoms with van der Waals surface area (Å²) >= 11 is 5.37. The Morgan fingerprint density at radius 1 is 1.50 bits per heavy atom. The van der Waals surface area contributed by atoms with Gasteiger partial charge in [-0.2, -0.15) is 11.8 Å². The van der Waals surface area contributed by atoms with Gasteiger partial charge in [-0.1, -0.05) is 28.9 Å². The lowest BCUT2D eigenvalue weighted by molar-refractivity contribution is 0.0600. The number of methoxy groups -OCH3 is 1. The maximum atomic E-state index is 11.3. The van der Waals surface area contributed by atoms with E-state index in [1.807, 2.05) is 23.9 Å². The molecule has 0 saturated heterocycles. The summed E-state index contributed by atoms with van der Waals surface area (Å²) in [6.45, 7) is 2.17. The first-order valence-corrected chi connectivity index (χ1v) is 7.08. The second-order valence-corrected chi connectivity index (χ2v) is 5.31. The van der Waals surface area contributed by atoms with Gasteiger partial charge in [-0.3, -0.25) is 0 Å². The van der Waals surface area contributed by atoms with Crippen molar-refractivity contribution in [3.63, 3.8) is 0 Å². The Kier molecular flexibility index (Phi) is 5.91. The molecular formula is C12H15BrO2S. The molecule has 16 heavy (non-hydrogen) atoms. The van der Waals surface area contributed by atoms with Crippen molar-refractivity contribution in [3.8, 4) is 0 Å². The van der Waals surface area contributed by atoms with Crippen molar-refractivity contribution in [3.05, 3.63) is 33.8 Å². The largest absolute Gasteiger partial charge is 0.465 e. The number of rotatable bonds is 5. The molecule has 0 amide bonds. The molecule has 0 aliphatic rings. The van der Waals surface area contributed by atoms with Crippen molar-refractivity contribution < 1.29 is 9.53 Å². The van der Waals surface area contributed by atoms with Gasteiger partial charge in [0, 0.05) is 10.2 Å². The molecule has 0 atom stereocenters. The van der Waals surface area contributed by atoms with Crippen LogP contribution in [0, 0.1) is 0 Å². The molecule has 2 nitrogen and oxygen atoms in total. The predicted octanol–water partition coefficient (Wildman–Crippen LogP) is 3.88. The molecule has 0 aliphatic carbocycles. The summed E-state index contributed by atoms with van der Waals surface area (Å²) in [5.74, 6) is 1.83. The highest BCUT2D eigenvalue weighted by molar-refractivity contribution is 9.10. The fourth-order valence-corrected chi connectivity index (χ4v) is 2.84. The van der Waals surface area contributed by atoms with Crippen molar-refractivity contribution in [2.75, 3.05) is 12.9 Å². The fraction of sp³-hybridized carbons (Fsp3) is 0.417. The predicted molar refractivity (Wildman–Crippen MR) is 71.9 cm³/mol. The molecular weight excluding hydrogens is 288 g/mol. The zero-order chi connectivity index (χ0) is 12.0. The van der Waals surface area contributed by atoms with Gasteiger partial charge >= 0.3 is 5.97 Å². The number of ether oxygens (including phenoxy) is 1. The van der Waals surface area contributed by atoms with E-state index in [4.69, 9.17) is 0 Å². The van der Waals surface area contributed by atoms with E-state index < -0.39 is 0 Å². The lowest BCUT2D eigenvalue weighted by atomic mass is 10.1. The molecule has 0 radical (unpaired) electrons. The number of carbonyl (C=O) groups is 1. The molecule has 88 valence electrons. The number of benzene rings is 1. The third-order valence-electron chi connectivity index (χ3n) is 2.08. The first kappa shape index (κ1) is 13.6. The number of halogens is 1. The van der Waals surface area contributed by atoms with E-state index in [1.165, 1.54) is 19.1 Å². The highest BCUT2D eigenvalue weighted by atomic mass is 79.9. The van der Waals surface area contributed by atoms with Gasteiger partial charge in [0.15, 0.2) is 0 Å². The minimum atomic E-state index is -0.298. The van der Waals surface area contributed by atoms with E-state index in [0.717, 1.165) is 16.0 Å². The Labute approximate surface area is 109 Å². The normalized spacial score (nSPS) is 10.2. The average Bonchev–Trinajstić information content (AvgIpc) is 2.30. The van der Waals surface area contributed by atoms with E-state index in [1.54, 1.807) is 6.07 Å². The van der Waals surface area contributed by atoms with Crippen LogP contribution in [0.15, 0.2) is 22.7 Å². The van der Waals surface area contributed by atoms with Gasteiger partial charge in [0.25, 0.3) is 0 Å². The minimum absolute atomic E-state index is 0.298. The zero-order valence-electron chi connectivity index (χ0n) is 9.46. The summed E-state index contributed by atoms with van der Waals surface area (Å²) in [7, 11) is 1.39. The monoisotopic (exact) mass is 302 g/mol. The number of hydrogen-bond donors (Lipinski definition) is 0. The van der Waals surface area contributed by atoms with Gasteiger partial charge in [-0.15, -0.1) is 0 Å². The second kappa shape index (κ2) is 6.97. The van der Waals surface area contributed by atoms with Gasteiger partial charge in [0.05, 0.1) is 12.7 Å². The summed E-state index contributed by atoms with van der Waals surface area (Å²) in [6, 6.07) is 5.59. The molecule has 0 unspecified atom stereocenters. The topological polar surface area (TPSA) is 26.3 Å². The van der Waals surface area contributed by atoms with E-state index >= 15 is 0 Å². The lowest BCUT2D eigenvalue weighted by Gasteiger charge is -2.06. The lowest BCUT2D eigenvalue weighted by Crippen LogP contribution is -2.01. The standard InChI is InChI=1S/C12H15BrO2S/c1-3-6-16-8-10-5-4-9(7-11(10)13)12(14)15-2/h4-5,7H,3,6,8H2,1-2H3. The second-order valence-electron chi connectivity index (χ2n) is 3.35. The Bertz CT molecular complexity index is 366. The SMILES string of the molecule is CCCSCc1ccc(C(=O)OC)cc1Br. The van der Waals surface area contributed by atoms with Crippen LogP contribution in [0.3, 0.4) is 0 Å². The molecule has 4 heteroatoms. The third-order valence-corrected chi connectivity index (χ3v) is 4.03. The van der Waals surface area contributed by atoms with Crippen LogP contribution in [0.2, 0.25) is 0 Å². The molecule has 0 saturated carbocycles. The van der Waals surface area contributed by atoms with Gasteiger partial charge in [0.1, 0.15) is 0 Å². The van der Waals surface area contributed by atoms with Gasteiger partial charge in [0.2, 0.25) is 0 Å². The molecule has 0 N–H and O–H groups in total. The average molecular weight is 303 g/mol. The molecule has 1 aromatic carbocycles. The molecule has 0 aromatic heterocycles. The first-order chi connectivity index (χ1) is 7.69. The quantitative estimate of drug-likeness (QED) is 0.610. The summed E-state index contributed by atoms with van der Waals surface area (Å²) in [5, 5.41) is 0. The van der Waals surface area contributed by atoms with E-state index in [2.05, 4.69) is 27.6 Å². The third kappa shape index (κ3) is 3.83. The Morgan fingerprint density at radius 3 is 2.81 bits per heavy atom. The van der Waals surface area contributed by atoms with Crippen molar-refractivity contribution in [2.45, 2.75) is 19.1 Å². The summed E-state index contributed by atoms with van der Waals surface area (Å²) in [4.78, 5) is 11.3. The fourth-order valence-electron chi connectivity index (χ4n) is 1.24. The van der Waals surface area contributed by atoms with E-state index in [0.29, 0.717) is 5.56 Å². The Morgan fingerprint density at radius 2 is 2.25 bits per heavy atom. The number of carbonyl (C=O) groups excluding carboxylic acids is 1. The maximum Gasteiger partial charge on any atom is 0.337 e. The van der Waals surface area contributed by atoms with Crippen LogP contribution in [0.25, 0.3) is 0 Å². The molecule has 1 aromatic rings. The molecule has 0 fully saturated rings. The molecule has 0 spiro atoms. The van der Waals surface area contributed by atoms with Crippen LogP contribution in [-0.4, -0.2) is 18.8 Å². The van der Waals surface area contributed by atoms with Crippen LogP contribution < -0.4 is 0 Å². The zero-order valence-corrected chi connectivity index (χ0v) is 11.9. The molecule has 0 heterocycles. The van der Waals surface area contributed by atoms with Gasteiger partial charge < -0.3 is 4.74 Å². The number of hydrogen-bond acceptors (Lipinski definition) is 3. The maximum absolute atomic E-state index is 11.3. The molecule has 0 bridgehead atoms. The van der Waals surface area contributed by atoms with Crippen molar-refractivity contribution in [1.29, 1.82) is 0 Å². The van der Waals surface area contributed by atoms with Crippen LogP contribution >= 0.6 is 27.7 Å². The highest BCUT2D eigenvalue weighted by Gasteiger charge is 2.08. The number of thioether (sulfide) groups is 1. The highest BCUT2D eigenvalue weighted by Crippen LogP contribution is 2.23. The summed E-state index contributed by atoms with van der Waals surface area (Å²) in [6.07, 6.45) is 1.18. The smallest absolute Gasteiger partial charge is 0.337 e. The van der Waals surface area contributed by atoms with Crippen molar-refractivity contribution >= 4 is 33.7 Å². The molecule has 0 aliphatic heterocycles. The van der Waals surface area contributed by atoms with Gasteiger partial charge in [-0.05, 0) is 29.9 Å². The summed E-state index contributed by atoms with van der Waals surface area (Å²) in [5.41, 5.74) is 1.80. The Hall–Kier alpha value is -0.480.